The lowest BCUT2D eigenvalue weighted by Crippen LogP contribution is -2.39. The molecule has 1 N–H and O–H groups in total. The highest BCUT2D eigenvalue weighted by Crippen LogP contribution is 2.21. The second-order valence-corrected chi connectivity index (χ2v) is 5.57. The van der Waals surface area contributed by atoms with E-state index in [9.17, 15) is 5.11 Å². The number of nitrogens with zero attached hydrogens (tertiary/aromatic N) is 2. The summed E-state index contributed by atoms with van der Waals surface area (Å²) in [5.41, 5.74) is 0.0607. The number of aliphatic hydroxyl groups is 1. The lowest BCUT2D eigenvalue weighted by Gasteiger charge is -2.33. The molecule has 3 nitrogen and oxygen atoms in total. The summed E-state index contributed by atoms with van der Waals surface area (Å²) in [5, 5.41) is 9.48. The third kappa shape index (κ3) is 6.72. The maximum absolute atomic E-state index is 9.48. The Kier molecular flexibility index (Phi) is 9.70. The van der Waals surface area contributed by atoms with Crippen molar-refractivity contribution in [3.63, 3.8) is 0 Å². The first-order chi connectivity index (χ1) is 8.55. The summed E-state index contributed by atoms with van der Waals surface area (Å²) in [5.74, 6) is 0. The lowest BCUT2D eigenvalue weighted by molar-refractivity contribution is 0.0847. The van der Waals surface area contributed by atoms with Gasteiger partial charge in [0.1, 0.15) is 0 Å². The van der Waals surface area contributed by atoms with Crippen LogP contribution in [0.5, 0.6) is 0 Å². The smallest absolute Gasteiger partial charge is 0.0496 e. The van der Waals surface area contributed by atoms with Crippen LogP contribution in [-0.4, -0.2) is 60.8 Å². The van der Waals surface area contributed by atoms with Gasteiger partial charge in [-0.15, -0.1) is 0 Å². The molecule has 0 aliphatic heterocycles. The largest absolute Gasteiger partial charge is 0.396 e. The Morgan fingerprint density at radius 3 is 1.78 bits per heavy atom. The summed E-state index contributed by atoms with van der Waals surface area (Å²) in [7, 11) is 0. The Labute approximate surface area is 114 Å². The van der Waals surface area contributed by atoms with Gasteiger partial charge >= 0.3 is 0 Å². The molecule has 0 aliphatic rings. The summed E-state index contributed by atoms with van der Waals surface area (Å²) in [4.78, 5) is 4.95. The van der Waals surface area contributed by atoms with E-state index in [1.54, 1.807) is 0 Å². The molecule has 0 aliphatic carbocycles. The van der Waals surface area contributed by atoms with Crippen molar-refractivity contribution in [3.05, 3.63) is 0 Å². The van der Waals surface area contributed by atoms with Crippen molar-refractivity contribution < 1.29 is 5.11 Å². The predicted molar refractivity (Wildman–Crippen MR) is 80.0 cm³/mol. The van der Waals surface area contributed by atoms with Crippen LogP contribution in [0.3, 0.4) is 0 Å². The van der Waals surface area contributed by atoms with E-state index in [1.807, 2.05) is 0 Å². The van der Waals surface area contributed by atoms with Crippen LogP contribution >= 0.6 is 0 Å². The van der Waals surface area contributed by atoms with Crippen molar-refractivity contribution in [3.8, 4) is 0 Å². The molecule has 0 spiro atoms. The molecule has 0 amide bonds. The minimum Gasteiger partial charge on any atom is -0.396 e. The molecule has 0 bridgehead atoms. The fraction of sp³-hybridized carbons (Fsp3) is 1.00. The highest BCUT2D eigenvalue weighted by Gasteiger charge is 2.23. The van der Waals surface area contributed by atoms with Crippen LogP contribution in [0.1, 0.15) is 47.5 Å². The summed E-state index contributed by atoms with van der Waals surface area (Å²) in [6.45, 7) is 18.0. The molecule has 0 saturated carbocycles. The third-order valence-electron chi connectivity index (χ3n) is 4.13. The quantitative estimate of drug-likeness (QED) is 0.617. The highest BCUT2D eigenvalue weighted by atomic mass is 16.3. The molecule has 0 aromatic heterocycles. The van der Waals surface area contributed by atoms with E-state index in [0.29, 0.717) is 0 Å². The molecule has 0 saturated heterocycles. The summed E-state index contributed by atoms with van der Waals surface area (Å²) in [6, 6.07) is 0. The number of aliphatic hydroxyl groups excluding tert-OH is 1. The number of hydrogen-bond donors (Lipinski definition) is 1. The predicted octanol–water partition coefficient (Wildman–Crippen LogP) is 2.45. The van der Waals surface area contributed by atoms with E-state index in [2.05, 4.69) is 44.4 Å². The molecule has 18 heavy (non-hydrogen) atoms. The van der Waals surface area contributed by atoms with Gasteiger partial charge in [0.25, 0.3) is 0 Å². The SMILES string of the molecule is CCN(CC)CCCN(CC)CC(C)(CC)CO. The van der Waals surface area contributed by atoms with Crippen LogP contribution in [0.4, 0.5) is 0 Å². The van der Waals surface area contributed by atoms with E-state index in [1.165, 1.54) is 13.0 Å². The van der Waals surface area contributed by atoms with E-state index in [-0.39, 0.29) is 12.0 Å². The molecule has 0 rings (SSSR count). The van der Waals surface area contributed by atoms with Crippen molar-refractivity contribution in [1.82, 2.24) is 9.80 Å². The Balaban J connectivity index is 4.04. The maximum Gasteiger partial charge on any atom is 0.0496 e. The van der Waals surface area contributed by atoms with Crippen molar-refractivity contribution in [1.29, 1.82) is 0 Å². The molecular weight excluding hydrogens is 224 g/mol. The van der Waals surface area contributed by atoms with Gasteiger partial charge in [0.15, 0.2) is 0 Å². The van der Waals surface area contributed by atoms with Gasteiger partial charge in [-0.2, -0.15) is 0 Å². The Hall–Kier alpha value is -0.120. The van der Waals surface area contributed by atoms with Crippen molar-refractivity contribution in [2.45, 2.75) is 47.5 Å². The molecule has 3 heteroatoms. The molecule has 110 valence electrons. The van der Waals surface area contributed by atoms with Gasteiger partial charge in [-0.3, -0.25) is 0 Å². The average Bonchev–Trinajstić information content (AvgIpc) is 2.42. The van der Waals surface area contributed by atoms with Crippen LogP contribution < -0.4 is 0 Å². The average molecular weight is 258 g/mol. The molecule has 0 aromatic carbocycles. The Morgan fingerprint density at radius 2 is 1.39 bits per heavy atom. The van der Waals surface area contributed by atoms with Crippen molar-refractivity contribution in [2.24, 2.45) is 5.41 Å². The molecular formula is C15H34N2O. The zero-order valence-corrected chi connectivity index (χ0v) is 13.2. The zero-order chi connectivity index (χ0) is 14.0. The van der Waals surface area contributed by atoms with Gasteiger partial charge < -0.3 is 14.9 Å². The highest BCUT2D eigenvalue weighted by molar-refractivity contribution is 4.76. The van der Waals surface area contributed by atoms with E-state index in [4.69, 9.17) is 0 Å². The van der Waals surface area contributed by atoms with Gasteiger partial charge in [-0.25, -0.2) is 0 Å². The molecule has 0 fully saturated rings. The van der Waals surface area contributed by atoms with E-state index >= 15 is 0 Å². The topological polar surface area (TPSA) is 26.7 Å². The van der Waals surface area contributed by atoms with Gasteiger partial charge in [-0.1, -0.05) is 34.6 Å². The second-order valence-electron chi connectivity index (χ2n) is 5.57. The van der Waals surface area contributed by atoms with Gasteiger partial charge in [-0.05, 0) is 45.6 Å². The Morgan fingerprint density at radius 1 is 0.889 bits per heavy atom. The lowest BCUT2D eigenvalue weighted by atomic mass is 9.88. The first-order valence-corrected chi connectivity index (χ1v) is 7.60. The summed E-state index contributed by atoms with van der Waals surface area (Å²) in [6.07, 6.45) is 2.26. The van der Waals surface area contributed by atoms with Crippen LogP contribution in [0.15, 0.2) is 0 Å². The maximum atomic E-state index is 9.48. The fourth-order valence-corrected chi connectivity index (χ4v) is 2.22. The third-order valence-corrected chi connectivity index (χ3v) is 4.13. The molecule has 0 aromatic rings. The first kappa shape index (κ1) is 17.9. The van der Waals surface area contributed by atoms with Crippen LogP contribution in [0.25, 0.3) is 0 Å². The van der Waals surface area contributed by atoms with Crippen molar-refractivity contribution in [2.75, 3.05) is 45.9 Å². The minimum absolute atomic E-state index is 0.0607. The van der Waals surface area contributed by atoms with E-state index in [0.717, 1.165) is 39.1 Å². The molecule has 1 atom stereocenters. The van der Waals surface area contributed by atoms with Gasteiger partial charge in [0, 0.05) is 18.6 Å². The van der Waals surface area contributed by atoms with Crippen molar-refractivity contribution >= 4 is 0 Å². The summed E-state index contributed by atoms with van der Waals surface area (Å²) >= 11 is 0. The van der Waals surface area contributed by atoms with Crippen LogP contribution in [-0.2, 0) is 0 Å². The Bertz CT molecular complexity index is 189. The normalized spacial score (nSPS) is 15.3. The number of rotatable bonds is 11. The number of hydrogen-bond acceptors (Lipinski definition) is 3. The molecule has 0 radical (unpaired) electrons. The van der Waals surface area contributed by atoms with Crippen LogP contribution in [0.2, 0.25) is 0 Å². The minimum atomic E-state index is 0.0607. The van der Waals surface area contributed by atoms with E-state index < -0.39 is 0 Å². The molecule has 0 heterocycles. The summed E-state index contributed by atoms with van der Waals surface area (Å²) < 4.78 is 0. The second kappa shape index (κ2) is 9.76. The van der Waals surface area contributed by atoms with Gasteiger partial charge in [0.05, 0.1) is 0 Å². The molecule has 1 unspecified atom stereocenters. The monoisotopic (exact) mass is 258 g/mol. The van der Waals surface area contributed by atoms with Gasteiger partial charge in [0.2, 0.25) is 0 Å². The standard InChI is InChI=1S/C15H34N2O/c1-6-15(5,14-18)13-17(9-4)12-10-11-16(7-2)8-3/h18H,6-14H2,1-5H3. The van der Waals surface area contributed by atoms with Crippen LogP contribution in [0, 0.1) is 5.41 Å². The first-order valence-electron chi connectivity index (χ1n) is 7.60. The zero-order valence-electron chi connectivity index (χ0n) is 13.2. The fourth-order valence-electron chi connectivity index (χ4n) is 2.22.